The van der Waals surface area contributed by atoms with Gasteiger partial charge in [-0.1, -0.05) is 6.92 Å². The number of hydrogen-bond acceptors (Lipinski definition) is 6. The highest BCUT2D eigenvalue weighted by atomic mass is 16.6. The second kappa shape index (κ2) is 6.31. The molecule has 0 aliphatic heterocycles. The van der Waals surface area contributed by atoms with Crippen LogP contribution in [0.1, 0.15) is 19.1 Å². The maximum Gasteiger partial charge on any atom is 0.433 e. The third kappa shape index (κ3) is 3.54. The number of urea groups is 1. The number of primary amides is 1. The fraction of sp³-hybridized carbons (Fsp3) is 0.300. The molecule has 20 heavy (non-hydrogen) atoms. The van der Waals surface area contributed by atoms with Crippen molar-refractivity contribution in [3.05, 3.63) is 28.0 Å². The van der Waals surface area contributed by atoms with Crippen LogP contribution in [0.3, 0.4) is 0 Å². The van der Waals surface area contributed by atoms with Crippen molar-refractivity contribution in [2.45, 2.75) is 19.4 Å². The van der Waals surface area contributed by atoms with Crippen LogP contribution in [0.4, 0.5) is 10.7 Å². The SMILES string of the molecule is CCC(C(=O)O)N(N=Cc1ccc([N+](=O)[O-])o1)C(N)=O. The first-order valence-corrected chi connectivity index (χ1v) is 5.46. The minimum absolute atomic E-state index is 0.0109. The summed E-state index contributed by atoms with van der Waals surface area (Å²) in [5.74, 6) is -1.78. The molecule has 0 spiro atoms. The van der Waals surface area contributed by atoms with E-state index in [4.69, 9.17) is 15.3 Å². The fourth-order valence-corrected chi connectivity index (χ4v) is 1.37. The molecule has 0 radical (unpaired) electrons. The number of nitro groups is 1. The molecule has 0 aliphatic rings. The molecule has 1 unspecified atom stereocenters. The molecule has 0 saturated heterocycles. The molecule has 10 heteroatoms. The van der Waals surface area contributed by atoms with E-state index in [0.717, 1.165) is 12.3 Å². The van der Waals surface area contributed by atoms with Crippen molar-refractivity contribution in [3.63, 3.8) is 0 Å². The van der Waals surface area contributed by atoms with Gasteiger partial charge in [-0.15, -0.1) is 0 Å². The molecule has 1 aromatic rings. The van der Waals surface area contributed by atoms with E-state index in [2.05, 4.69) is 5.10 Å². The van der Waals surface area contributed by atoms with Crippen molar-refractivity contribution in [2.75, 3.05) is 0 Å². The van der Waals surface area contributed by atoms with Gasteiger partial charge in [0.2, 0.25) is 0 Å². The molecule has 0 saturated carbocycles. The van der Waals surface area contributed by atoms with Gasteiger partial charge in [0.1, 0.15) is 4.92 Å². The number of hydrogen-bond donors (Lipinski definition) is 2. The zero-order chi connectivity index (χ0) is 15.3. The Morgan fingerprint density at radius 2 is 2.30 bits per heavy atom. The summed E-state index contributed by atoms with van der Waals surface area (Å²) >= 11 is 0. The number of furan rings is 1. The second-order valence-corrected chi connectivity index (χ2v) is 3.62. The van der Waals surface area contributed by atoms with Crippen molar-refractivity contribution in [3.8, 4) is 0 Å². The van der Waals surface area contributed by atoms with Crippen molar-refractivity contribution < 1.29 is 24.0 Å². The van der Waals surface area contributed by atoms with Crippen LogP contribution in [0.5, 0.6) is 0 Å². The number of carbonyl (C=O) groups excluding carboxylic acids is 1. The molecular formula is C10H12N4O6. The van der Waals surface area contributed by atoms with E-state index < -0.39 is 28.8 Å². The lowest BCUT2D eigenvalue weighted by Gasteiger charge is -2.20. The Labute approximate surface area is 112 Å². The molecule has 2 amide bonds. The first-order chi connectivity index (χ1) is 9.36. The number of carbonyl (C=O) groups is 2. The summed E-state index contributed by atoms with van der Waals surface area (Å²) in [6, 6.07) is 0.0674. The van der Waals surface area contributed by atoms with Crippen LogP contribution in [0.15, 0.2) is 21.7 Å². The second-order valence-electron chi connectivity index (χ2n) is 3.62. The number of nitrogens with zero attached hydrogens (tertiary/aromatic N) is 3. The maximum atomic E-state index is 11.2. The molecule has 0 fully saturated rings. The normalized spacial score (nSPS) is 12.2. The van der Waals surface area contributed by atoms with Crippen LogP contribution in [-0.2, 0) is 4.79 Å². The number of carboxylic acid groups (broad SMARTS) is 1. The first-order valence-electron chi connectivity index (χ1n) is 5.46. The summed E-state index contributed by atoms with van der Waals surface area (Å²) in [6.07, 6.45) is 1.07. The lowest BCUT2D eigenvalue weighted by Crippen LogP contribution is -2.44. The highest BCUT2D eigenvalue weighted by molar-refractivity contribution is 5.83. The van der Waals surface area contributed by atoms with Gasteiger partial charge in [0.05, 0.1) is 12.3 Å². The van der Waals surface area contributed by atoms with Crippen LogP contribution < -0.4 is 5.73 Å². The topological polar surface area (TPSA) is 152 Å². The number of carboxylic acids is 1. The molecule has 0 bridgehead atoms. The highest BCUT2D eigenvalue weighted by Crippen LogP contribution is 2.14. The van der Waals surface area contributed by atoms with Crippen molar-refractivity contribution in [2.24, 2.45) is 10.8 Å². The summed E-state index contributed by atoms with van der Waals surface area (Å²) in [5, 5.41) is 23.5. The summed E-state index contributed by atoms with van der Waals surface area (Å²) in [5.41, 5.74) is 5.04. The third-order valence-corrected chi connectivity index (χ3v) is 2.29. The molecule has 0 aliphatic carbocycles. The van der Waals surface area contributed by atoms with Gasteiger partial charge in [-0.2, -0.15) is 5.10 Å². The minimum Gasteiger partial charge on any atom is -0.480 e. The molecular weight excluding hydrogens is 272 g/mol. The van der Waals surface area contributed by atoms with Crippen molar-refractivity contribution >= 4 is 24.1 Å². The number of amides is 2. The van der Waals surface area contributed by atoms with Crippen LogP contribution in [-0.4, -0.2) is 39.3 Å². The van der Waals surface area contributed by atoms with Crippen LogP contribution in [0.25, 0.3) is 0 Å². The van der Waals surface area contributed by atoms with E-state index in [1.54, 1.807) is 6.92 Å². The van der Waals surface area contributed by atoms with Crippen molar-refractivity contribution in [1.29, 1.82) is 0 Å². The number of nitrogens with two attached hydrogens (primary N) is 1. The van der Waals surface area contributed by atoms with Crippen LogP contribution in [0, 0.1) is 10.1 Å². The zero-order valence-electron chi connectivity index (χ0n) is 10.4. The zero-order valence-corrected chi connectivity index (χ0v) is 10.4. The van der Waals surface area contributed by atoms with E-state index in [0.29, 0.717) is 5.01 Å². The van der Waals surface area contributed by atoms with E-state index in [9.17, 15) is 19.7 Å². The molecule has 1 heterocycles. The fourth-order valence-electron chi connectivity index (χ4n) is 1.37. The quantitative estimate of drug-likeness (QED) is 0.447. The third-order valence-electron chi connectivity index (χ3n) is 2.29. The number of hydrazone groups is 1. The van der Waals surface area contributed by atoms with E-state index in [1.807, 2.05) is 0 Å². The lowest BCUT2D eigenvalue weighted by molar-refractivity contribution is -0.402. The molecule has 1 rings (SSSR count). The Bertz CT molecular complexity index is 552. The van der Waals surface area contributed by atoms with Gasteiger partial charge < -0.3 is 15.3 Å². The summed E-state index contributed by atoms with van der Waals surface area (Å²) < 4.78 is 4.77. The molecule has 108 valence electrons. The first kappa shape index (κ1) is 15.1. The summed E-state index contributed by atoms with van der Waals surface area (Å²) in [7, 11) is 0. The number of aliphatic carboxylic acids is 1. The monoisotopic (exact) mass is 284 g/mol. The highest BCUT2D eigenvalue weighted by Gasteiger charge is 2.26. The van der Waals surface area contributed by atoms with Crippen molar-refractivity contribution in [1.82, 2.24) is 5.01 Å². The lowest BCUT2D eigenvalue weighted by atomic mass is 10.2. The van der Waals surface area contributed by atoms with Gasteiger partial charge in [0.25, 0.3) is 0 Å². The average Bonchev–Trinajstić information content (AvgIpc) is 2.82. The predicted octanol–water partition coefficient (Wildman–Crippen LogP) is 0.766. The Morgan fingerprint density at radius 3 is 2.70 bits per heavy atom. The maximum absolute atomic E-state index is 11.2. The molecule has 1 aromatic heterocycles. The van der Waals surface area contributed by atoms with E-state index >= 15 is 0 Å². The Kier molecular flexibility index (Phi) is 4.78. The predicted molar refractivity (Wildman–Crippen MR) is 66.1 cm³/mol. The smallest absolute Gasteiger partial charge is 0.433 e. The Balaban J connectivity index is 2.94. The molecule has 10 nitrogen and oxygen atoms in total. The van der Waals surface area contributed by atoms with Gasteiger partial charge >= 0.3 is 17.9 Å². The number of rotatable bonds is 6. The van der Waals surface area contributed by atoms with Crippen LogP contribution in [0.2, 0.25) is 0 Å². The van der Waals surface area contributed by atoms with E-state index in [1.165, 1.54) is 6.07 Å². The van der Waals surface area contributed by atoms with E-state index in [-0.39, 0.29) is 12.2 Å². The van der Waals surface area contributed by atoms with Gasteiger partial charge in [0, 0.05) is 0 Å². The van der Waals surface area contributed by atoms with Gasteiger partial charge in [-0.3, -0.25) is 10.1 Å². The Morgan fingerprint density at radius 1 is 1.65 bits per heavy atom. The minimum atomic E-state index is -1.27. The standard InChI is InChI=1S/C10H12N4O6/c1-2-7(9(15)16)13(10(11)17)12-5-6-3-4-8(20-6)14(18)19/h3-5,7H,2H2,1H3,(H2,11,17)(H,15,16). The molecule has 3 N–H and O–H groups in total. The largest absolute Gasteiger partial charge is 0.480 e. The summed E-state index contributed by atoms with van der Waals surface area (Å²) in [4.78, 5) is 31.8. The molecule has 1 atom stereocenters. The Hall–Kier alpha value is -2.91. The van der Waals surface area contributed by atoms with Gasteiger partial charge in [0.15, 0.2) is 11.8 Å². The van der Waals surface area contributed by atoms with Gasteiger partial charge in [-0.25, -0.2) is 14.6 Å². The molecule has 0 aromatic carbocycles. The van der Waals surface area contributed by atoms with Crippen LogP contribution >= 0.6 is 0 Å². The van der Waals surface area contributed by atoms with Gasteiger partial charge in [-0.05, 0) is 12.5 Å². The average molecular weight is 284 g/mol. The summed E-state index contributed by atoms with van der Waals surface area (Å²) in [6.45, 7) is 1.54.